The van der Waals surface area contributed by atoms with Crippen LogP contribution in [0.3, 0.4) is 0 Å². The Morgan fingerprint density at radius 1 is 1.11 bits per heavy atom. The average molecular weight is 523 g/mol. The number of carbonyl (C=O) groups is 3. The van der Waals surface area contributed by atoms with Crippen molar-refractivity contribution in [1.82, 2.24) is 19.9 Å². The van der Waals surface area contributed by atoms with Crippen molar-refractivity contribution >= 4 is 40.9 Å². The summed E-state index contributed by atoms with van der Waals surface area (Å²) in [5.74, 6) is -0.655. The number of carboxylic acids is 1. The lowest BCUT2D eigenvalue weighted by atomic mass is 10.1. The van der Waals surface area contributed by atoms with Crippen LogP contribution in [0.4, 0.5) is 11.5 Å². The monoisotopic (exact) mass is 522 g/mol. The fraction of sp³-hybridized carbons (Fsp3) is 0.308. The van der Waals surface area contributed by atoms with Crippen LogP contribution in [0.15, 0.2) is 48.8 Å². The van der Waals surface area contributed by atoms with Crippen LogP contribution < -0.4 is 10.2 Å². The lowest BCUT2D eigenvalue weighted by Gasteiger charge is -2.24. The van der Waals surface area contributed by atoms with Crippen molar-refractivity contribution in [1.29, 1.82) is 0 Å². The van der Waals surface area contributed by atoms with Crippen LogP contribution in [0.1, 0.15) is 40.2 Å². The van der Waals surface area contributed by atoms with Crippen LogP contribution in [0.2, 0.25) is 5.15 Å². The number of pyridine rings is 1. The number of benzene rings is 1. The van der Waals surface area contributed by atoms with Crippen molar-refractivity contribution in [3.05, 3.63) is 76.5 Å². The first-order valence-electron chi connectivity index (χ1n) is 11.9. The first-order chi connectivity index (χ1) is 17.8. The SMILES string of the molecule is CN(CC(=O)N1CCCC1)c1nc(Cc2ccc(NC(=O)c3cccnc3)cc2)nc(Cl)c1CC(=O)O. The number of anilines is 2. The highest BCUT2D eigenvalue weighted by Gasteiger charge is 2.24. The third-order valence-corrected chi connectivity index (χ3v) is 6.31. The van der Waals surface area contributed by atoms with E-state index in [9.17, 15) is 19.5 Å². The fourth-order valence-electron chi connectivity index (χ4n) is 4.12. The Hall–Kier alpha value is -4.05. The highest BCUT2D eigenvalue weighted by Crippen LogP contribution is 2.26. The Morgan fingerprint density at radius 2 is 1.84 bits per heavy atom. The van der Waals surface area contributed by atoms with Gasteiger partial charge in [-0.1, -0.05) is 23.7 Å². The summed E-state index contributed by atoms with van der Waals surface area (Å²) in [5, 5.41) is 12.2. The van der Waals surface area contributed by atoms with E-state index in [-0.39, 0.29) is 35.5 Å². The first kappa shape index (κ1) is 26.0. The molecule has 0 unspecified atom stereocenters. The molecule has 0 radical (unpaired) electrons. The van der Waals surface area contributed by atoms with Gasteiger partial charge in [-0.3, -0.25) is 19.4 Å². The van der Waals surface area contributed by atoms with Gasteiger partial charge in [-0.05, 0) is 42.7 Å². The Labute approximate surface area is 219 Å². The Kier molecular flexibility index (Phi) is 8.29. The van der Waals surface area contributed by atoms with Crippen LogP contribution in [-0.4, -0.2) is 69.4 Å². The number of nitrogens with one attached hydrogen (secondary N) is 1. The lowest BCUT2D eigenvalue weighted by Crippen LogP contribution is -2.38. The summed E-state index contributed by atoms with van der Waals surface area (Å²) in [6.45, 7) is 1.51. The van der Waals surface area contributed by atoms with Crippen LogP contribution in [0.25, 0.3) is 0 Å². The maximum atomic E-state index is 12.7. The molecule has 1 aliphatic heterocycles. The molecule has 11 heteroatoms. The summed E-state index contributed by atoms with van der Waals surface area (Å²) in [5.41, 5.74) is 2.21. The molecule has 1 saturated heterocycles. The van der Waals surface area contributed by atoms with Crippen LogP contribution >= 0.6 is 11.6 Å². The van der Waals surface area contributed by atoms with Crippen molar-refractivity contribution in [2.24, 2.45) is 0 Å². The van der Waals surface area contributed by atoms with Gasteiger partial charge in [0.2, 0.25) is 5.91 Å². The van der Waals surface area contributed by atoms with Crippen LogP contribution in [0.5, 0.6) is 0 Å². The van der Waals surface area contributed by atoms with Gasteiger partial charge in [0, 0.05) is 50.2 Å². The molecule has 0 bridgehead atoms. The van der Waals surface area contributed by atoms with E-state index in [0.717, 1.165) is 31.5 Å². The summed E-state index contributed by atoms with van der Waals surface area (Å²) in [6.07, 6.45) is 5.02. The summed E-state index contributed by atoms with van der Waals surface area (Å²) in [6, 6.07) is 10.6. The molecule has 0 spiro atoms. The van der Waals surface area contributed by atoms with E-state index in [2.05, 4.69) is 20.3 Å². The van der Waals surface area contributed by atoms with Gasteiger partial charge in [0.1, 0.15) is 16.8 Å². The van der Waals surface area contributed by atoms with Gasteiger partial charge in [-0.25, -0.2) is 9.97 Å². The molecule has 4 rings (SSSR count). The van der Waals surface area contributed by atoms with Gasteiger partial charge in [0.05, 0.1) is 18.5 Å². The second-order valence-corrected chi connectivity index (χ2v) is 9.17. The maximum absolute atomic E-state index is 12.7. The number of aromatic nitrogens is 3. The zero-order valence-electron chi connectivity index (χ0n) is 20.4. The number of rotatable bonds is 9. The van der Waals surface area contributed by atoms with E-state index < -0.39 is 5.97 Å². The predicted molar refractivity (Wildman–Crippen MR) is 139 cm³/mol. The maximum Gasteiger partial charge on any atom is 0.308 e. The minimum absolute atomic E-state index is 0.0403. The van der Waals surface area contributed by atoms with E-state index in [4.69, 9.17) is 11.6 Å². The van der Waals surface area contributed by atoms with E-state index in [1.54, 1.807) is 47.3 Å². The molecule has 0 atom stereocenters. The molecule has 0 aliphatic carbocycles. The van der Waals surface area contributed by atoms with Gasteiger partial charge in [-0.2, -0.15) is 0 Å². The highest BCUT2D eigenvalue weighted by molar-refractivity contribution is 6.30. The number of hydrogen-bond acceptors (Lipinski definition) is 7. The van der Waals surface area contributed by atoms with Crippen LogP contribution in [-0.2, 0) is 22.4 Å². The smallest absolute Gasteiger partial charge is 0.308 e. The molecular formula is C26H27ClN6O4. The number of nitrogens with zero attached hydrogens (tertiary/aromatic N) is 5. The quantitative estimate of drug-likeness (QED) is 0.410. The molecule has 2 N–H and O–H groups in total. The fourth-order valence-corrected chi connectivity index (χ4v) is 4.37. The lowest BCUT2D eigenvalue weighted by molar-refractivity contribution is -0.136. The van der Waals surface area contributed by atoms with Crippen molar-refractivity contribution in [3.8, 4) is 0 Å². The topological polar surface area (TPSA) is 129 Å². The van der Waals surface area contributed by atoms with E-state index in [1.807, 2.05) is 12.1 Å². The van der Waals surface area contributed by atoms with Gasteiger partial charge in [0.15, 0.2) is 0 Å². The minimum Gasteiger partial charge on any atom is -0.481 e. The van der Waals surface area contributed by atoms with Gasteiger partial charge >= 0.3 is 5.97 Å². The van der Waals surface area contributed by atoms with E-state index >= 15 is 0 Å². The third kappa shape index (κ3) is 6.79. The normalized spacial score (nSPS) is 12.9. The molecule has 192 valence electrons. The molecule has 2 amide bonds. The summed E-state index contributed by atoms with van der Waals surface area (Å²) in [7, 11) is 1.70. The number of hydrogen-bond donors (Lipinski definition) is 2. The van der Waals surface area contributed by atoms with Gasteiger partial charge in [-0.15, -0.1) is 0 Å². The summed E-state index contributed by atoms with van der Waals surface area (Å²) in [4.78, 5) is 52.8. The van der Waals surface area contributed by atoms with Gasteiger partial charge in [0.25, 0.3) is 5.91 Å². The molecule has 2 aromatic heterocycles. The summed E-state index contributed by atoms with van der Waals surface area (Å²) >= 11 is 6.40. The number of carboxylic acid groups (broad SMARTS) is 1. The summed E-state index contributed by atoms with van der Waals surface area (Å²) < 4.78 is 0. The Morgan fingerprint density at radius 3 is 2.49 bits per heavy atom. The molecule has 37 heavy (non-hydrogen) atoms. The molecule has 3 heterocycles. The Bertz CT molecular complexity index is 1280. The first-order valence-corrected chi connectivity index (χ1v) is 12.2. The third-order valence-electron chi connectivity index (χ3n) is 6.00. The van der Waals surface area contributed by atoms with Crippen LogP contribution in [0, 0.1) is 0 Å². The largest absolute Gasteiger partial charge is 0.481 e. The number of amides is 2. The highest BCUT2D eigenvalue weighted by atomic mass is 35.5. The van der Waals surface area contributed by atoms with Crippen molar-refractivity contribution in [3.63, 3.8) is 0 Å². The number of halogens is 1. The zero-order chi connectivity index (χ0) is 26.4. The van der Waals surface area contributed by atoms with Crippen molar-refractivity contribution < 1.29 is 19.5 Å². The second kappa shape index (κ2) is 11.8. The Balaban J connectivity index is 1.50. The number of carbonyl (C=O) groups excluding carboxylic acids is 2. The molecular weight excluding hydrogens is 496 g/mol. The molecule has 1 aliphatic rings. The molecule has 1 fully saturated rings. The molecule has 1 aromatic carbocycles. The van der Waals surface area contributed by atoms with E-state index in [0.29, 0.717) is 29.3 Å². The molecule has 3 aromatic rings. The molecule has 10 nitrogen and oxygen atoms in total. The number of aliphatic carboxylic acids is 1. The second-order valence-electron chi connectivity index (χ2n) is 8.82. The van der Waals surface area contributed by atoms with E-state index in [1.165, 1.54) is 6.20 Å². The standard InChI is InChI=1S/C26H27ClN6O4/c1-32(16-22(34)33-11-2-3-12-33)25-20(14-23(35)36)24(27)30-21(31-25)13-17-6-8-19(9-7-17)29-26(37)18-5-4-10-28-15-18/h4-10,15H,2-3,11-14,16H2,1H3,(H,29,37)(H,35,36). The van der Waals surface area contributed by atoms with Gasteiger partial charge < -0.3 is 20.2 Å². The minimum atomic E-state index is -1.07. The molecule has 0 saturated carbocycles. The van der Waals surface area contributed by atoms with Crippen molar-refractivity contribution in [2.75, 3.05) is 36.9 Å². The van der Waals surface area contributed by atoms with Crippen molar-refractivity contribution in [2.45, 2.75) is 25.7 Å². The number of likely N-dealkylation sites (tertiary alicyclic amines) is 1. The predicted octanol–water partition coefficient (Wildman–Crippen LogP) is 3.05. The zero-order valence-corrected chi connectivity index (χ0v) is 21.1. The number of likely N-dealkylation sites (N-methyl/N-ethyl adjacent to an activating group) is 1. The average Bonchev–Trinajstić information content (AvgIpc) is 3.42.